The summed E-state index contributed by atoms with van der Waals surface area (Å²) in [5.74, 6) is 0.890. The number of aromatic nitrogens is 2. The van der Waals surface area contributed by atoms with Gasteiger partial charge in [0.1, 0.15) is 5.69 Å². The summed E-state index contributed by atoms with van der Waals surface area (Å²) < 4.78 is 0. The fourth-order valence-electron chi connectivity index (χ4n) is 5.29. The fourth-order valence-corrected chi connectivity index (χ4v) is 5.29. The van der Waals surface area contributed by atoms with Crippen LogP contribution in [-0.4, -0.2) is 39.9 Å². The Kier molecular flexibility index (Phi) is 5.19. The summed E-state index contributed by atoms with van der Waals surface area (Å²) >= 11 is 0. The Morgan fingerprint density at radius 2 is 2.13 bits per heavy atom. The predicted molar refractivity (Wildman–Crippen MR) is 120 cm³/mol. The Labute approximate surface area is 183 Å². The lowest BCUT2D eigenvalue weighted by Gasteiger charge is -2.30. The minimum absolute atomic E-state index is 0.0739. The molecule has 3 atom stereocenters. The number of allylic oxidation sites excluding steroid dienone is 3. The van der Waals surface area contributed by atoms with E-state index in [9.17, 15) is 10.1 Å². The molecule has 3 aliphatic rings. The molecule has 2 aromatic rings. The summed E-state index contributed by atoms with van der Waals surface area (Å²) in [6, 6.07) is 8.58. The van der Waals surface area contributed by atoms with Crippen molar-refractivity contribution >= 4 is 11.6 Å². The quantitative estimate of drug-likeness (QED) is 0.707. The number of aryl methyl sites for hydroxylation is 1. The largest absolute Gasteiger partial charge is 0.379 e. The van der Waals surface area contributed by atoms with Gasteiger partial charge < -0.3 is 20.2 Å². The zero-order valence-electron chi connectivity index (χ0n) is 17.9. The van der Waals surface area contributed by atoms with Crippen molar-refractivity contribution in [3.63, 3.8) is 0 Å². The van der Waals surface area contributed by atoms with Crippen LogP contribution in [0, 0.1) is 30.1 Å². The molecule has 31 heavy (non-hydrogen) atoms. The Morgan fingerprint density at radius 3 is 2.94 bits per heavy atom. The normalized spacial score (nSPS) is 25.4. The highest BCUT2D eigenvalue weighted by atomic mass is 16.2. The second kappa shape index (κ2) is 8.14. The van der Waals surface area contributed by atoms with E-state index in [2.05, 4.69) is 39.6 Å². The van der Waals surface area contributed by atoms with Gasteiger partial charge in [-0.1, -0.05) is 12.2 Å². The smallest absolute Gasteiger partial charge is 0.270 e. The van der Waals surface area contributed by atoms with Crippen LogP contribution in [0.15, 0.2) is 42.1 Å². The molecule has 160 valence electrons. The monoisotopic (exact) mass is 415 g/mol. The van der Waals surface area contributed by atoms with Crippen molar-refractivity contribution < 1.29 is 4.79 Å². The van der Waals surface area contributed by atoms with Gasteiger partial charge in [-0.25, -0.2) is 0 Å². The average molecular weight is 416 g/mol. The highest BCUT2D eigenvalue weighted by Gasteiger charge is 2.31. The van der Waals surface area contributed by atoms with Gasteiger partial charge in [-0.3, -0.25) is 4.79 Å². The number of rotatable bonds is 4. The maximum atomic E-state index is 12.8. The summed E-state index contributed by atoms with van der Waals surface area (Å²) in [5.41, 5.74) is 6.25. The number of nitrogens with zero attached hydrogens (tertiary/aromatic N) is 2. The van der Waals surface area contributed by atoms with Crippen LogP contribution in [0.1, 0.15) is 53.1 Å². The predicted octanol–water partition coefficient (Wildman–Crippen LogP) is 3.92. The van der Waals surface area contributed by atoms with Gasteiger partial charge >= 0.3 is 0 Å². The molecular weight excluding hydrogens is 386 g/mol. The number of hydrogen-bond acceptors (Lipinski definition) is 3. The Hall–Kier alpha value is -3.20. The third-order valence-electron chi connectivity index (χ3n) is 6.93. The zero-order valence-corrected chi connectivity index (χ0v) is 17.9. The van der Waals surface area contributed by atoms with Gasteiger partial charge in [-0.15, -0.1) is 0 Å². The van der Waals surface area contributed by atoms with Crippen molar-refractivity contribution in [3.05, 3.63) is 64.8 Å². The Balaban J connectivity index is 1.31. The molecule has 1 aliphatic heterocycles. The van der Waals surface area contributed by atoms with E-state index in [0.29, 0.717) is 24.1 Å². The van der Waals surface area contributed by atoms with E-state index < -0.39 is 0 Å². The van der Waals surface area contributed by atoms with E-state index in [-0.39, 0.29) is 11.9 Å². The molecule has 1 amide bonds. The maximum absolute atomic E-state index is 12.8. The van der Waals surface area contributed by atoms with Crippen molar-refractivity contribution in [1.82, 2.24) is 20.2 Å². The molecule has 6 nitrogen and oxygen atoms in total. The third kappa shape index (κ3) is 3.93. The van der Waals surface area contributed by atoms with E-state index in [1.807, 2.05) is 30.2 Å². The molecule has 2 aliphatic carbocycles. The number of nitriles is 1. The minimum atomic E-state index is 0.0739. The highest BCUT2D eigenvalue weighted by Crippen LogP contribution is 2.37. The Morgan fingerprint density at radius 1 is 1.23 bits per heavy atom. The van der Waals surface area contributed by atoms with Crippen LogP contribution in [-0.2, 0) is 6.42 Å². The first-order valence-electron chi connectivity index (χ1n) is 11.3. The number of fused-ring (bicyclic) bond motifs is 1. The van der Waals surface area contributed by atoms with Gasteiger partial charge in [0.2, 0.25) is 0 Å². The van der Waals surface area contributed by atoms with Gasteiger partial charge in [0.15, 0.2) is 0 Å². The van der Waals surface area contributed by atoms with Crippen LogP contribution in [0.4, 0.5) is 0 Å². The summed E-state index contributed by atoms with van der Waals surface area (Å²) in [6.45, 7) is 3.43. The molecule has 1 saturated heterocycles. The molecule has 2 aromatic heterocycles. The van der Waals surface area contributed by atoms with Crippen molar-refractivity contribution in [2.45, 2.75) is 45.1 Å². The maximum Gasteiger partial charge on any atom is 0.270 e. The average Bonchev–Trinajstić information content (AvgIpc) is 3.54. The molecule has 0 bridgehead atoms. The fraction of sp³-hybridized carbons (Fsp3) is 0.440. The van der Waals surface area contributed by atoms with E-state index in [1.54, 1.807) is 0 Å². The lowest BCUT2D eigenvalue weighted by molar-refractivity contribution is 0.0785. The summed E-state index contributed by atoms with van der Waals surface area (Å²) in [7, 11) is 0. The number of likely N-dealkylation sites (tertiary alicyclic amines) is 1. The van der Waals surface area contributed by atoms with E-state index >= 15 is 0 Å². The third-order valence-corrected chi connectivity index (χ3v) is 6.93. The van der Waals surface area contributed by atoms with Gasteiger partial charge in [-0.2, -0.15) is 5.26 Å². The summed E-state index contributed by atoms with van der Waals surface area (Å²) in [6.07, 6.45) is 11.7. The molecule has 0 saturated carbocycles. The van der Waals surface area contributed by atoms with E-state index in [0.717, 1.165) is 55.6 Å². The summed E-state index contributed by atoms with van der Waals surface area (Å²) in [5, 5.41) is 13.1. The standard InChI is InChI=1S/C25H29N5O/c1-16-5-6-22(28-16)25(31)30-10-8-21(15-30)29-23-13-20(12-19-7-9-27-24(19)23)18-4-2-3-17(11-18)14-26/h5-7,9,11,13,18,20-21,27-29H,2-4,8,10,12,15H2,1H3. The topological polar surface area (TPSA) is 87.7 Å². The van der Waals surface area contributed by atoms with Crippen molar-refractivity contribution in [2.75, 3.05) is 13.1 Å². The minimum Gasteiger partial charge on any atom is -0.379 e. The van der Waals surface area contributed by atoms with Crippen LogP contribution in [0.25, 0.3) is 5.70 Å². The van der Waals surface area contributed by atoms with E-state index in [4.69, 9.17) is 0 Å². The number of H-pyrrole nitrogens is 2. The first kappa shape index (κ1) is 19.7. The highest BCUT2D eigenvalue weighted by molar-refractivity contribution is 5.92. The van der Waals surface area contributed by atoms with Gasteiger partial charge in [0.25, 0.3) is 5.91 Å². The Bertz CT molecular complexity index is 1080. The van der Waals surface area contributed by atoms with Gasteiger partial charge in [-0.05, 0) is 74.6 Å². The molecular formula is C25H29N5O. The first-order chi connectivity index (χ1) is 15.1. The number of amides is 1. The van der Waals surface area contributed by atoms with E-state index in [1.165, 1.54) is 11.3 Å². The molecule has 3 heterocycles. The lowest BCUT2D eigenvalue weighted by atomic mass is 9.76. The van der Waals surface area contributed by atoms with Crippen molar-refractivity contribution in [1.29, 1.82) is 5.26 Å². The summed E-state index contributed by atoms with van der Waals surface area (Å²) in [4.78, 5) is 21.3. The SMILES string of the molecule is Cc1ccc(C(=O)N2CCC(NC3=CC(C4C=C(C#N)CCC4)Cc4cc[nH]c43)C2)[nH]1. The second-order valence-electron chi connectivity index (χ2n) is 9.12. The number of carbonyl (C=O) groups excluding carboxylic acids is 1. The number of aromatic amines is 2. The van der Waals surface area contributed by atoms with Crippen LogP contribution < -0.4 is 5.32 Å². The molecule has 0 aromatic carbocycles. The molecule has 1 fully saturated rings. The van der Waals surface area contributed by atoms with Crippen LogP contribution in [0.3, 0.4) is 0 Å². The first-order valence-corrected chi connectivity index (χ1v) is 11.3. The van der Waals surface area contributed by atoms with Gasteiger partial charge in [0.05, 0.1) is 17.5 Å². The van der Waals surface area contributed by atoms with Gasteiger partial charge in [0, 0.05) is 36.6 Å². The molecule has 0 spiro atoms. The number of hydrogen-bond donors (Lipinski definition) is 3. The molecule has 6 heteroatoms. The van der Waals surface area contributed by atoms with Crippen molar-refractivity contribution in [2.24, 2.45) is 11.8 Å². The van der Waals surface area contributed by atoms with Crippen LogP contribution in [0.2, 0.25) is 0 Å². The van der Waals surface area contributed by atoms with Crippen LogP contribution in [0.5, 0.6) is 0 Å². The molecule has 0 radical (unpaired) electrons. The lowest BCUT2D eigenvalue weighted by Crippen LogP contribution is -2.35. The van der Waals surface area contributed by atoms with Crippen molar-refractivity contribution in [3.8, 4) is 6.07 Å². The number of nitrogens with one attached hydrogen (secondary N) is 3. The van der Waals surface area contributed by atoms with Crippen LogP contribution >= 0.6 is 0 Å². The molecule has 3 unspecified atom stereocenters. The molecule has 5 rings (SSSR count). The zero-order chi connectivity index (χ0) is 21.4. The number of carbonyl (C=O) groups is 1. The molecule has 3 N–H and O–H groups in total. The second-order valence-corrected chi connectivity index (χ2v) is 9.12.